The predicted molar refractivity (Wildman–Crippen MR) is 75.3 cm³/mol. The number of benzene rings is 1. The van der Waals surface area contributed by atoms with Crippen LogP contribution in [-0.4, -0.2) is 62.8 Å². The number of nitrogens with zero attached hydrogens (tertiary/aromatic N) is 2. The molecule has 0 radical (unpaired) electrons. The lowest BCUT2D eigenvalue weighted by Gasteiger charge is -2.36. The molecule has 1 heterocycles. The van der Waals surface area contributed by atoms with Crippen LogP contribution in [0.5, 0.6) is 11.5 Å². The number of methoxy groups -OCH3 is 1. The molecule has 1 aromatic carbocycles. The van der Waals surface area contributed by atoms with Crippen molar-refractivity contribution in [3.05, 3.63) is 18.2 Å². The largest absolute Gasteiger partial charge is 0.573 e. The van der Waals surface area contributed by atoms with Crippen molar-refractivity contribution in [3.8, 4) is 11.5 Å². The van der Waals surface area contributed by atoms with Crippen LogP contribution in [0.25, 0.3) is 0 Å². The fraction of sp³-hybridized carbons (Fsp3) is 0.571. The second-order valence-electron chi connectivity index (χ2n) is 4.99. The lowest BCUT2D eigenvalue weighted by molar-refractivity contribution is -0.275. The quantitative estimate of drug-likeness (QED) is 0.900. The summed E-state index contributed by atoms with van der Waals surface area (Å²) in [4.78, 5) is 4.05. The first-order valence-corrected chi connectivity index (χ1v) is 6.94. The molecule has 0 unspecified atom stereocenters. The van der Waals surface area contributed by atoms with Gasteiger partial charge in [-0.05, 0) is 12.1 Å². The SMILES string of the molecule is COCCN1CCN(c2cccc(OC(F)(F)F)c2O)CC1. The van der Waals surface area contributed by atoms with Crippen LogP contribution in [0.1, 0.15) is 0 Å². The first kappa shape index (κ1) is 16.7. The average Bonchev–Trinajstić information content (AvgIpc) is 2.47. The van der Waals surface area contributed by atoms with Gasteiger partial charge in [0.05, 0.1) is 12.3 Å². The van der Waals surface area contributed by atoms with E-state index in [1.807, 2.05) is 4.90 Å². The summed E-state index contributed by atoms with van der Waals surface area (Å²) in [6.07, 6.45) is -4.82. The van der Waals surface area contributed by atoms with Crippen molar-refractivity contribution in [2.24, 2.45) is 0 Å². The Morgan fingerprint density at radius 3 is 2.45 bits per heavy atom. The van der Waals surface area contributed by atoms with E-state index in [4.69, 9.17) is 4.74 Å². The van der Waals surface area contributed by atoms with E-state index in [0.29, 0.717) is 25.4 Å². The van der Waals surface area contributed by atoms with Crippen LogP contribution in [0.15, 0.2) is 18.2 Å². The number of para-hydroxylation sites is 1. The number of alkyl halides is 3. The first-order chi connectivity index (χ1) is 10.4. The molecule has 0 saturated carbocycles. The van der Waals surface area contributed by atoms with Crippen molar-refractivity contribution in [3.63, 3.8) is 0 Å². The summed E-state index contributed by atoms with van der Waals surface area (Å²) in [5.41, 5.74) is 0.355. The highest BCUT2D eigenvalue weighted by atomic mass is 19.4. The van der Waals surface area contributed by atoms with Gasteiger partial charge in [-0.25, -0.2) is 0 Å². The topological polar surface area (TPSA) is 45.2 Å². The number of ether oxygens (including phenoxy) is 2. The van der Waals surface area contributed by atoms with Crippen molar-refractivity contribution in [2.45, 2.75) is 6.36 Å². The van der Waals surface area contributed by atoms with Crippen LogP contribution < -0.4 is 9.64 Å². The molecule has 0 amide bonds. The van der Waals surface area contributed by atoms with Gasteiger partial charge in [0.2, 0.25) is 0 Å². The molecule has 0 aliphatic carbocycles. The third-order valence-electron chi connectivity index (χ3n) is 3.53. The molecular weight excluding hydrogens is 301 g/mol. The number of phenolic OH excluding ortho intramolecular Hbond substituents is 1. The third-order valence-corrected chi connectivity index (χ3v) is 3.53. The molecule has 1 aliphatic heterocycles. The van der Waals surface area contributed by atoms with Gasteiger partial charge in [-0.15, -0.1) is 13.2 Å². The van der Waals surface area contributed by atoms with Gasteiger partial charge >= 0.3 is 6.36 Å². The van der Waals surface area contributed by atoms with Gasteiger partial charge in [-0.3, -0.25) is 4.90 Å². The van der Waals surface area contributed by atoms with E-state index in [1.165, 1.54) is 6.07 Å². The summed E-state index contributed by atoms with van der Waals surface area (Å²) in [5, 5.41) is 10.0. The maximum Gasteiger partial charge on any atom is 0.573 e. The molecule has 0 spiro atoms. The Hall–Kier alpha value is -1.67. The van der Waals surface area contributed by atoms with Crippen LogP contribution in [0, 0.1) is 0 Å². The highest BCUT2D eigenvalue weighted by Gasteiger charge is 2.33. The van der Waals surface area contributed by atoms with Crippen molar-refractivity contribution in [1.82, 2.24) is 4.90 Å². The molecule has 8 heteroatoms. The molecule has 22 heavy (non-hydrogen) atoms. The summed E-state index contributed by atoms with van der Waals surface area (Å²) >= 11 is 0. The molecule has 1 N–H and O–H groups in total. The Labute approximate surface area is 126 Å². The van der Waals surface area contributed by atoms with Crippen molar-refractivity contribution in [1.29, 1.82) is 0 Å². The number of halogens is 3. The molecule has 2 rings (SSSR count). The van der Waals surface area contributed by atoms with Gasteiger partial charge in [0.1, 0.15) is 0 Å². The Kier molecular flexibility index (Phi) is 5.36. The number of hydrogen-bond acceptors (Lipinski definition) is 5. The smallest absolute Gasteiger partial charge is 0.503 e. The molecule has 124 valence electrons. The molecule has 1 aromatic rings. The average molecular weight is 320 g/mol. The molecule has 0 aromatic heterocycles. The summed E-state index contributed by atoms with van der Waals surface area (Å²) in [5.74, 6) is -1.06. The molecule has 0 bridgehead atoms. The number of rotatable bonds is 5. The molecule has 1 saturated heterocycles. The summed E-state index contributed by atoms with van der Waals surface area (Å²) < 4.78 is 45.8. The zero-order chi connectivity index (χ0) is 16.2. The standard InChI is InChI=1S/C14H19F3N2O3/c1-21-10-9-18-5-7-19(8-6-18)11-3-2-4-12(13(11)20)22-14(15,16)17/h2-4,20H,5-10H2,1H3. The minimum atomic E-state index is -4.82. The van der Waals surface area contributed by atoms with E-state index >= 15 is 0 Å². The molecule has 1 fully saturated rings. The highest BCUT2D eigenvalue weighted by Crippen LogP contribution is 2.39. The van der Waals surface area contributed by atoms with Crippen LogP contribution in [0.4, 0.5) is 18.9 Å². The number of phenols is 1. The van der Waals surface area contributed by atoms with Crippen LogP contribution >= 0.6 is 0 Å². The van der Waals surface area contributed by atoms with E-state index in [-0.39, 0.29) is 0 Å². The Balaban J connectivity index is 2.03. The van der Waals surface area contributed by atoms with Gasteiger partial charge in [0, 0.05) is 39.8 Å². The van der Waals surface area contributed by atoms with Gasteiger partial charge in [0.15, 0.2) is 11.5 Å². The lowest BCUT2D eigenvalue weighted by atomic mass is 10.2. The monoisotopic (exact) mass is 320 g/mol. The Bertz CT molecular complexity index is 489. The first-order valence-electron chi connectivity index (χ1n) is 6.94. The number of anilines is 1. The summed E-state index contributed by atoms with van der Waals surface area (Å²) in [6, 6.07) is 4.12. The van der Waals surface area contributed by atoms with E-state index in [2.05, 4.69) is 9.64 Å². The van der Waals surface area contributed by atoms with Crippen molar-refractivity contribution >= 4 is 5.69 Å². The fourth-order valence-corrected chi connectivity index (χ4v) is 2.41. The van der Waals surface area contributed by atoms with E-state index in [9.17, 15) is 18.3 Å². The minimum Gasteiger partial charge on any atom is -0.503 e. The normalized spacial score (nSPS) is 16.8. The van der Waals surface area contributed by atoms with Crippen LogP contribution in [-0.2, 0) is 4.74 Å². The van der Waals surface area contributed by atoms with E-state index in [1.54, 1.807) is 13.2 Å². The van der Waals surface area contributed by atoms with Crippen molar-refractivity contribution in [2.75, 3.05) is 51.3 Å². The molecular formula is C14H19F3N2O3. The minimum absolute atomic E-state index is 0.355. The van der Waals surface area contributed by atoms with Crippen molar-refractivity contribution < 1.29 is 27.8 Å². The molecule has 0 atom stereocenters. The number of aromatic hydroxyl groups is 1. The lowest BCUT2D eigenvalue weighted by Crippen LogP contribution is -2.47. The third kappa shape index (κ3) is 4.41. The fourth-order valence-electron chi connectivity index (χ4n) is 2.41. The van der Waals surface area contributed by atoms with Crippen LogP contribution in [0.3, 0.4) is 0 Å². The van der Waals surface area contributed by atoms with E-state index < -0.39 is 17.9 Å². The zero-order valence-electron chi connectivity index (χ0n) is 12.3. The Morgan fingerprint density at radius 2 is 1.86 bits per heavy atom. The highest BCUT2D eigenvalue weighted by molar-refractivity contribution is 5.64. The molecule has 5 nitrogen and oxygen atoms in total. The Morgan fingerprint density at radius 1 is 1.18 bits per heavy atom. The maximum absolute atomic E-state index is 12.3. The number of hydrogen-bond donors (Lipinski definition) is 1. The van der Waals surface area contributed by atoms with Gasteiger partial charge in [-0.1, -0.05) is 6.07 Å². The predicted octanol–water partition coefficient (Wildman–Crippen LogP) is 2.06. The second kappa shape index (κ2) is 7.06. The second-order valence-corrected chi connectivity index (χ2v) is 4.99. The zero-order valence-corrected chi connectivity index (χ0v) is 12.3. The van der Waals surface area contributed by atoms with Crippen LogP contribution in [0.2, 0.25) is 0 Å². The van der Waals surface area contributed by atoms with Gasteiger partial charge in [0.25, 0.3) is 0 Å². The molecule has 1 aliphatic rings. The summed E-state index contributed by atoms with van der Waals surface area (Å²) in [6.45, 7) is 4.20. The maximum atomic E-state index is 12.3. The van der Waals surface area contributed by atoms with Gasteiger partial charge < -0.3 is 19.5 Å². The summed E-state index contributed by atoms with van der Waals surface area (Å²) in [7, 11) is 1.64. The van der Waals surface area contributed by atoms with E-state index in [0.717, 1.165) is 25.7 Å². The van der Waals surface area contributed by atoms with Gasteiger partial charge in [-0.2, -0.15) is 0 Å². The number of piperazine rings is 1.